The van der Waals surface area contributed by atoms with E-state index in [4.69, 9.17) is 5.73 Å². The van der Waals surface area contributed by atoms with E-state index in [1.807, 2.05) is 0 Å². The predicted octanol–water partition coefficient (Wildman–Crippen LogP) is 2.07. The number of alkyl halides is 3. The van der Waals surface area contributed by atoms with Crippen molar-refractivity contribution in [2.45, 2.75) is 37.6 Å². The Morgan fingerprint density at radius 3 is 2.17 bits per heavy atom. The molecule has 1 fully saturated rings. The molecule has 0 heterocycles. The number of rotatable bonds is 3. The van der Waals surface area contributed by atoms with Crippen LogP contribution in [-0.4, -0.2) is 34.4 Å². The summed E-state index contributed by atoms with van der Waals surface area (Å²) < 4.78 is 38.3. The van der Waals surface area contributed by atoms with E-state index in [1.54, 1.807) is 0 Å². The summed E-state index contributed by atoms with van der Waals surface area (Å²) in [5, 5.41) is 10.4. The molecule has 1 atom stereocenters. The van der Waals surface area contributed by atoms with E-state index in [0.29, 0.717) is 19.8 Å². The molecule has 2 rings (SSSR count). The lowest BCUT2D eigenvalue weighted by atomic mass is 9.94. The number of aliphatic hydroxyl groups is 1. The number of halogens is 3. The Hall–Kier alpha value is -2.29. The first-order valence-corrected chi connectivity index (χ1v) is 6.74. The quantitative estimate of drug-likeness (QED) is 0.829. The van der Waals surface area contributed by atoms with Crippen LogP contribution in [0.2, 0.25) is 0 Å². The number of carbonyl (C=O) groups excluding carboxylic acids is 2. The molecule has 0 unspecified atom stereocenters. The number of hydroxylamine groups is 2. The van der Waals surface area contributed by atoms with Crippen LogP contribution in [-0.2, 0) is 10.4 Å². The highest BCUT2D eigenvalue weighted by Crippen LogP contribution is 2.38. The monoisotopic (exact) mass is 332 g/mol. The van der Waals surface area contributed by atoms with Crippen molar-refractivity contribution >= 4 is 12.0 Å². The third-order valence-electron chi connectivity index (χ3n) is 3.51. The highest BCUT2D eigenvalue weighted by molar-refractivity contribution is 5.94. The smallest absolute Gasteiger partial charge is 0.376 e. The van der Waals surface area contributed by atoms with Gasteiger partial charge in [-0.25, -0.2) is 4.79 Å². The first-order chi connectivity index (χ1) is 10.5. The lowest BCUT2D eigenvalue weighted by Gasteiger charge is -2.27. The molecule has 126 valence electrons. The minimum atomic E-state index is -4.85. The van der Waals surface area contributed by atoms with Gasteiger partial charge in [-0.05, 0) is 37.5 Å². The molecule has 0 saturated heterocycles. The summed E-state index contributed by atoms with van der Waals surface area (Å²) in [4.78, 5) is 27.7. The molecule has 0 bridgehead atoms. The molecule has 0 spiro atoms. The summed E-state index contributed by atoms with van der Waals surface area (Å²) in [7, 11) is 0. The Morgan fingerprint density at radius 2 is 1.78 bits per heavy atom. The van der Waals surface area contributed by atoms with Gasteiger partial charge in [0, 0.05) is 5.56 Å². The van der Waals surface area contributed by atoms with Crippen LogP contribution in [0, 0.1) is 0 Å². The van der Waals surface area contributed by atoms with Crippen molar-refractivity contribution in [3.63, 3.8) is 0 Å². The third kappa shape index (κ3) is 3.55. The van der Waals surface area contributed by atoms with Crippen molar-refractivity contribution in [3.8, 4) is 0 Å². The van der Waals surface area contributed by atoms with E-state index in [0.717, 1.165) is 29.3 Å². The van der Waals surface area contributed by atoms with Gasteiger partial charge in [-0.1, -0.05) is 12.1 Å². The standard InChI is InChI=1S/C14H15F3N2O4/c1-13(22,14(15,16)17)9-4-2-8(3-5-9)11(20)19(10-6-7-10)23-12(18)21/h2-5,10,22H,6-7H2,1H3,(H2,18,21)/t13-/m0/s1. The molecular weight excluding hydrogens is 317 g/mol. The third-order valence-corrected chi connectivity index (χ3v) is 3.51. The summed E-state index contributed by atoms with van der Waals surface area (Å²) in [5.41, 5.74) is 1.46. The predicted molar refractivity (Wildman–Crippen MR) is 71.9 cm³/mol. The molecule has 1 aliphatic rings. The number of primary amides is 1. The summed E-state index contributed by atoms with van der Waals surface area (Å²) >= 11 is 0. The largest absolute Gasteiger partial charge is 0.429 e. The molecule has 0 aliphatic heterocycles. The number of benzene rings is 1. The Bertz CT molecular complexity index is 609. The topological polar surface area (TPSA) is 92.9 Å². The van der Waals surface area contributed by atoms with E-state index in [9.17, 15) is 27.9 Å². The average Bonchev–Trinajstić information content (AvgIpc) is 3.27. The first kappa shape index (κ1) is 17.1. The maximum absolute atomic E-state index is 12.8. The van der Waals surface area contributed by atoms with Crippen LogP contribution in [0.25, 0.3) is 0 Å². The number of hydrogen-bond donors (Lipinski definition) is 2. The molecule has 1 aromatic rings. The van der Waals surface area contributed by atoms with Crippen LogP contribution in [0.1, 0.15) is 35.7 Å². The Kier molecular flexibility index (Phi) is 4.25. The molecule has 1 aromatic carbocycles. The molecule has 9 heteroatoms. The second kappa shape index (κ2) is 5.73. The number of carbonyl (C=O) groups is 2. The minimum Gasteiger partial charge on any atom is -0.376 e. The van der Waals surface area contributed by atoms with Gasteiger partial charge in [-0.2, -0.15) is 18.2 Å². The fourth-order valence-corrected chi connectivity index (χ4v) is 1.92. The van der Waals surface area contributed by atoms with Crippen LogP contribution < -0.4 is 5.73 Å². The fraction of sp³-hybridized carbons (Fsp3) is 0.429. The number of nitrogens with two attached hydrogens (primary N) is 1. The van der Waals surface area contributed by atoms with E-state index in [-0.39, 0.29) is 11.6 Å². The van der Waals surface area contributed by atoms with Crippen LogP contribution >= 0.6 is 0 Å². The van der Waals surface area contributed by atoms with Crippen LogP contribution in [0.15, 0.2) is 24.3 Å². The lowest BCUT2D eigenvalue weighted by Crippen LogP contribution is -2.39. The van der Waals surface area contributed by atoms with Gasteiger partial charge in [0.05, 0.1) is 6.04 Å². The van der Waals surface area contributed by atoms with Crippen molar-refractivity contribution in [2.24, 2.45) is 5.73 Å². The average molecular weight is 332 g/mol. The molecular formula is C14H15F3N2O4. The normalized spacial score (nSPS) is 17.3. The Balaban J connectivity index is 2.21. The van der Waals surface area contributed by atoms with Crippen molar-refractivity contribution < 1.29 is 32.7 Å². The van der Waals surface area contributed by atoms with Crippen molar-refractivity contribution in [1.29, 1.82) is 0 Å². The van der Waals surface area contributed by atoms with Crippen LogP contribution in [0.3, 0.4) is 0 Å². The van der Waals surface area contributed by atoms with Gasteiger partial charge >= 0.3 is 12.3 Å². The molecule has 1 saturated carbocycles. The lowest BCUT2D eigenvalue weighted by molar-refractivity contribution is -0.258. The van der Waals surface area contributed by atoms with Gasteiger partial charge in [0.2, 0.25) is 0 Å². The molecule has 0 aromatic heterocycles. The molecule has 1 aliphatic carbocycles. The summed E-state index contributed by atoms with van der Waals surface area (Å²) in [6.07, 6.45) is -4.73. The minimum absolute atomic E-state index is 0.0138. The zero-order valence-electron chi connectivity index (χ0n) is 12.1. The summed E-state index contributed by atoms with van der Waals surface area (Å²) in [6.45, 7) is 0.622. The Labute approximate surface area is 129 Å². The van der Waals surface area contributed by atoms with Crippen molar-refractivity contribution in [2.75, 3.05) is 0 Å². The maximum Gasteiger partial charge on any atom is 0.429 e. The molecule has 2 amide bonds. The van der Waals surface area contributed by atoms with Gasteiger partial charge in [-0.15, -0.1) is 0 Å². The summed E-state index contributed by atoms with van der Waals surface area (Å²) in [5.74, 6) is -0.690. The Morgan fingerprint density at radius 1 is 1.26 bits per heavy atom. The zero-order valence-corrected chi connectivity index (χ0v) is 12.1. The highest BCUT2D eigenvalue weighted by Gasteiger charge is 2.51. The number of hydrogen-bond acceptors (Lipinski definition) is 4. The van der Waals surface area contributed by atoms with Crippen LogP contribution in [0.5, 0.6) is 0 Å². The van der Waals surface area contributed by atoms with E-state index in [2.05, 4.69) is 4.84 Å². The van der Waals surface area contributed by atoms with Gasteiger partial charge < -0.3 is 15.7 Å². The van der Waals surface area contributed by atoms with E-state index in [1.165, 1.54) is 0 Å². The molecule has 23 heavy (non-hydrogen) atoms. The molecule has 0 radical (unpaired) electrons. The van der Waals surface area contributed by atoms with Gasteiger partial charge in [-0.3, -0.25) is 4.79 Å². The second-order valence-corrected chi connectivity index (χ2v) is 5.42. The van der Waals surface area contributed by atoms with Crippen molar-refractivity contribution in [3.05, 3.63) is 35.4 Å². The van der Waals surface area contributed by atoms with Gasteiger partial charge in [0.1, 0.15) is 0 Å². The van der Waals surface area contributed by atoms with Crippen LogP contribution in [0.4, 0.5) is 18.0 Å². The van der Waals surface area contributed by atoms with Gasteiger partial charge in [0.25, 0.3) is 5.91 Å². The van der Waals surface area contributed by atoms with Crippen molar-refractivity contribution in [1.82, 2.24) is 5.06 Å². The maximum atomic E-state index is 12.8. The first-order valence-electron chi connectivity index (χ1n) is 6.74. The molecule has 3 N–H and O–H groups in total. The zero-order chi connectivity index (χ0) is 17.4. The highest BCUT2D eigenvalue weighted by atomic mass is 19.4. The second-order valence-electron chi connectivity index (χ2n) is 5.42. The summed E-state index contributed by atoms with van der Waals surface area (Å²) in [6, 6.07) is 3.95. The fourth-order valence-electron chi connectivity index (χ4n) is 1.92. The molecule has 6 nitrogen and oxygen atoms in total. The number of amides is 2. The van der Waals surface area contributed by atoms with E-state index >= 15 is 0 Å². The van der Waals surface area contributed by atoms with E-state index < -0.39 is 29.3 Å². The number of nitrogens with zero attached hydrogens (tertiary/aromatic N) is 1. The SMILES string of the molecule is C[C@](O)(c1ccc(C(=O)N(OC(N)=O)C2CC2)cc1)C(F)(F)F. The van der Waals surface area contributed by atoms with Gasteiger partial charge in [0.15, 0.2) is 5.60 Å².